The second-order valence-corrected chi connectivity index (χ2v) is 7.03. The molecule has 0 fully saturated rings. The summed E-state index contributed by atoms with van der Waals surface area (Å²) in [5.74, 6) is 1.67. The van der Waals surface area contributed by atoms with Gasteiger partial charge in [-0.25, -0.2) is 4.99 Å². The summed E-state index contributed by atoms with van der Waals surface area (Å²) in [5.41, 5.74) is 2.96. The molecule has 0 bridgehead atoms. The standard InChI is InChI=1S/C23H32N4O2.HI/c1-5-24-23(25-15-6-16-29-21-13-7-18(2)8-14-21)26-17-19-9-11-20(12-10-19)22(28)27(3)4;/h7-14H,5-6,15-17H2,1-4H3,(H2,24,25,26);1H. The Labute approximate surface area is 197 Å². The Bertz CT molecular complexity index is 790. The molecule has 0 aromatic heterocycles. The number of ether oxygens (including phenoxy) is 1. The lowest BCUT2D eigenvalue weighted by Crippen LogP contribution is -2.38. The average molecular weight is 524 g/mol. The molecule has 2 rings (SSSR count). The molecule has 0 aliphatic rings. The number of nitrogens with one attached hydrogen (secondary N) is 2. The third-order valence-corrected chi connectivity index (χ3v) is 4.27. The van der Waals surface area contributed by atoms with E-state index in [1.807, 2.05) is 55.5 Å². The minimum Gasteiger partial charge on any atom is -0.494 e. The second kappa shape index (κ2) is 13.8. The SMILES string of the molecule is CCNC(=NCc1ccc(C(=O)N(C)C)cc1)NCCCOc1ccc(C)cc1.I. The lowest BCUT2D eigenvalue weighted by Gasteiger charge is -2.12. The van der Waals surface area contributed by atoms with Gasteiger partial charge in [0.25, 0.3) is 5.91 Å². The van der Waals surface area contributed by atoms with Gasteiger partial charge in [0.15, 0.2) is 5.96 Å². The minimum absolute atomic E-state index is 0. The minimum atomic E-state index is 0. The normalized spacial score (nSPS) is 10.7. The third-order valence-electron chi connectivity index (χ3n) is 4.27. The van der Waals surface area contributed by atoms with Crippen LogP contribution in [0.25, 0.3) is 0 Å². The van der Waals surface area contributed by atoms with E-state index >= 15 is 0 Å². The van der Waals surface area contributed by atoms with Crippen molar-refractivity contribution in [1.82, 2.24) is 15.5 Å². The Morgan fingerprint density at radius 2 is 1.70 bits per heavy atom. The molecule has 1 amide bonds. The van der Waals surface area contributed by atoms with Gasteiger partial charge < -0.3 is 20.3 Å². The van der Waals surface area contributed by atoms with Gasteiger partial charge in [-0.05, 0) is 50.1 Å². The summed E-state index contributed by atoms with van der Waals surface area (Å²) in [4.78, 5) is 18.1. The van der Waals surface area contributed by atoms with Crippen LogP contribution in [-0.4, -0.2) is 50.6 Å². The summed E-state index contributed by atoms with van der Waals surface area (Å²) in [6, 6.07) is 15.7. The molecule has 7 heteroatoms. The van der Waals surface area contributed by atoms with Crippen LogP contribution in [-0.2, 0) is 6.54 Å². The zero-order chi connectivity index (χ0) is 21.1. The van der Waals surface area contributed by atoms with Crippen molar-refractivity contribution in [3.8, 4) is 5.75 Å². The molecule has 0 aliphatic heterocycles. The maximum Gasteiger partial charge on any atom is 0.253 e. The topological polar surface area (TPSA) is 66.0 Å². The summed E-state index contributed by atoms with van der Waals surface area (Å²) >= 11 is 0. The van der Waals surface area contributed by atoms with E-state index in [1.165, 1.54) is 5.56 Å². The number of rotatable bonds is 9. The van der Waals surface area contributed by atoms with E-state index in [2.05, 4.69) is 22.5 Å². The molecule has 0 spiro atoms. The first-order valence-corrected chi connectivity index (χ1v) is 10.0. The van der Waals surface area contributed by atoms with Gasteiger partial charge >= 0.3 is 0 Å². The van der Waals surface area contributed by atoms with Crippen molar-refractivity contribution in [1.29, 1.82) is 0 Å². The molecule has 2 aromatic carbocycles. The fraction of sp³-hybridized carbons (Fsp3) is 0.391. The first-order valence-electron chi connectivity index (χ1n) is 10.0. The number of amides is 1. The van der Waals surface area contributed by atoms with Gasteiger partial charge in [-0.2, -0.15) is 0 Å². The van der Waals surface area contributed by atoms with Crippen molar-refractivity contribution < 1.29 is 9.53 Å². The number of aryl methyl sites for hydroxylation is 1. The molecule has 0 unspecified atom stereocenters. The van der Waals surface area contributed by atoms with Crippen molar-refractivity contribution in [3.05, 3.63) is 65.2 Å². The van der Waals surface area contributed by atoms with Crippen LogP contribution in [0, 0.1) is 6.92 Å². The summed E-state index contributed by atoms with van der Waals surface area (Å²) in [6.45, 7) is 6.87. The highest BCUT2D eigenvalue weighted by molar-refractivity contribution is 14.0. The summed E-state index contributed by atoms with van der Waals surface area (Å²) in [6.07, 6.45) is 0.875. The first-order chi connectivity index (χ1) is 14.0. The fourth-order valence-electron chi connectivity index (χ4n) is 2.63. The molecule has 6 nitrogen and oxygen atoms in total. The Hall–Kier alpha value is -2.29. The monoisotopic (exact) mass is 524 g/mol. The van der Waals surface area contributed by atoms with Gasteiger partial charge in [-0.3, -0.25) is 4.79 Å². The van der Waals surface area contributed by atoms with Crippen molar-refractivity contribution >= 4 is 35.8 Å². The Morgan fingerprint density at radius 3 is 2.30 bits per heavy atom. The fourth-order valence-corrected chi connectivity index (χ4v) is 2.63. The first kappa shape index (κ1) is 25.7. The Kier molecular flexibility index (Phi) is 11.9. The number of carbonyl (C=O) groups is 1. The molecule has 0 aliphatic carbocycles. The maximum absolute atomic E-state index is 12.0. The number of guanidine groups is 1. The molecule has 2 N–H and O–H groups in total. The van der Waals surface area contributed by atoms with E-state index in [1.54, 1.807) is 19.0 Å². The van der Waals surface area contributed by atoms with Crippen LogP contribution in [0.4, 0.5) is 0 Å². The van der Waals surface area contributed by atoms with Crippen LogP contribution in [0.3, 0.4) is 0 Å². The van der Waals surface area contributed by atoms with Crippen molar-refractivity contribution in [3.63, 3.8) is 0 Å². The van der Waals surface area contributed by atoms with E-state index in [9.17, 15) is 4.79 Å². The second-order valence-electron chi connectivity index (χ2n) is 7.03. The zero-order valence-corrected chi connectivity index (χ0v) is 20.6. The van der Waals surface area contributed by atoms with Crippen LogP contribution in [0.2, 0.25) is 0 Å². The Morgan fingerprint density at radius 1 is 1.03 bits per heavy atom. The van der Waals surface area contributed by atoms with E-state index in [0.717, 1.165) is 36.8 Å². The van der Waals surface area contributed by atoms with Crippen LogP contribution in [0.5, 0.6) is 5.75 Å². The number of nitrogens with zero attached hydrogens (tertiary/aromatic N) is 2. The van der Waals surface area contributed by atoms with Crippen LogP contribution in [0.1, 0.15) is 34.8 Å². The number of benzene rings is 2. The quantitative estimate of drug-likeness (QED) is 0.227. The average Bonchev–Trinajstić information content (AvgIpc) is 2.72. The highest BCUT2D eigenvalue weighted by atomic mass is 127. The summed E-state index contributed by atoms with van der Waals surface area (Å²) in [5, 5.41) is 6.58. The van der Waals surface area contributed by atoms with Crippen molar-refractivity contribution in [2.45, 2.75) is 26.8 Å². The molecular formula is C23H33IN4O2. The van der Waals surface area contributed by atoms with E-state index in [-0.39, 0.29) is 29.9 Å². The number of hydrogen-bond acceptors (Lipinski definition) is 3. The highest BCUT2D eigenvalue weighted by Crippen LogP contribution is 2.11. The zero-order valence-electron chi connectivity index (χ0n) is 18.3. The van der Waals surface area contributed by atoms with Crippen LogP contribution >= 0.6 is 24.0 Å². The molecule has 0 heterocycles. The van der Waals surface area contributed by atoms with Crippen LogP contribution < -0.4 is 15.4 Å². The highest BCUT2D eigenvalue weighted by Gasteiger charge is 2.07. The molecular weight excluding hydrogens is 491 g/mol. The molecule has 30 heavy (non-hydrogen) atoms. The van der Waals surface area contributed by atoms with Gasteiger partial charge in [-0.1, -0.05) is 29.8 Å². The molecule has 0 saturated heterocycles. The predicted octanol–water partition coefficient (Wildman–Crippen LogP) is 3.84. The van der Waals surface area contributed by atoms with Crippen LogP contribution in [0.15, 0.2) is 53.5 Å². The molecule has 164 valence electrons. The van der Waals surface area contributed by atoms with Crippen molar-refractivity contribution in [2.24, 2.45) is 4.99 Å². The van der Waals surface area contributed by atoms with Gasteiger partial charge in [0.1, 0.15) is 5.75 Å². The van der Waals surface area contributed by atoms with Gasteiger partial charge in [0, 0.05) is 32.7 Å². The lowest BCUT2D eigenvalue weighted by molar-refractivity contribution is 0.0827. The maximum atomic E-state index is 12.0. The van der Waals surface area contributed by atoms with E-state index < -0.39 is 0 Å². The number of aliphatic imine (C=N–C) groups is 1. The van der Waals surface area contributed by atoms with E-state index in [0.29, 0.717) is 18.7 Å². The summed E-state index contributed by atoms with van der Waals surface area (Å²) in [7, 11) is 3.50. The molecule has 2 aromatic rings. The smallest absolute Gasteiger partial charge is 0.253 e. The Balaban J connectivity index is 0.00000450. The molecule has 0 radical (unpaired) electrons. The number of carbonyl (C=O) groups excluding carboxylic acids is 1. The van der Waals surface area contributed by atoms with Crippen molar-refractivity contribution in [2.75, 3.05) is 33.8 Å². The van der Waals surface area contributed by atoms with E-state index in [4.69, 9.17) is 4.74 Å². The molecule has 0 saturated carbocycles. The lowest BCUT2D eigenvalue weighted by atomic mass is 10.1. The number of hydrogen-bond donors (Lipinski definition) is 2. The number of halogens is 1. The third kappa shape index (κ3) is 9.02. The van der Waals surface area contributed by atoms with Gasteiger partial charge in [-0.15, -0.1) is 24.0 Å². The van der Waals surface area contributed by atoms with Gasteiger partial charge in [0.05, 0.1) is 13.2 Å². The largest absolute Gasteiger partial charge is 0.494 e. The predicted molar refractivity (Wildman–Crippen MR) is 134 cm³/mol. The summed E-state index contributed by atoms with van der Waals surface area (Å²) < 4.78 is 5.75. The van der Waals surface area contributed by atoms with Gasteiger partial charge in [0.2, 0.25) is 0 Å². The molecule has 0 atom stereocenters.